The van der Waals surface area contributed by atoms with E-state index in [0.717, 1.165) is 17.9 Å². The molecule has 3 aromatic rings. The van der Waals surface area contributed by atoms with Gasteiger partial charge in [-0.3, -0.25) is 10.4 Å². The first-order valence-electron chi connectivity index (χ1n) is 14.0. The van der Waals surface area contributed by atoms with Gasteiger partial charge in [0.1, 0.15) is 23.5 Å². The quantitative estimate of drug-likeness (QED) is 0.232. The van der Waals surface area contributed by atoms with E-state index in [1.165, 1.54) is 23.1 Å². The van der Waals surface area contributed by atoms with Crippen LogP contribution in [0, 0.1) is 17.0 Å². The molecular weight excluding hydrogens is 578 g/mol. The Labute approximate surface area is 252 Å². The molecule has 2 aromatic carbocycles. The zero-order valence-corrected chi connectivity index (χ0v) is 24.3. The highest BCUT2D eigenvalue weighted by Crippen LogP contribution is 2.41. The van der Waals surface area contributed by atoms with Gasteiger partial charge in [0.25, 0.3) is 11.8 Å². The summed E-state index contributed by atoms with van der Waals surface area (Å²) >= 11 is 0. The van der Waals surface area contributed by atoms with Crippen molar-refractivity contribution in [1.82, 2.24) is 14.8 Å². The number of phenols is 1. The number of hydrogen-bond acceptors (Lipinski definition) is 10. The number of carbonyl (C=O) groups is 1. The lowest BCUT2D eigenvalue weighted by Gasteiger charge is -2.25. The van der Waals surface area contributed by atoms with Crippen LogP contribution in [-0.4, -0.2) is 83.1 Å². The van der Waals surface area contributed by atoms with E-state index < -0.39 is 53.1 Å². The minimum absolute atomic E-state index is 0.172. The van der Waals surface area contributed by atoms with E-state index in [1.807, 2.05) is 18.0 Å². The topological polar surface area (TPSA) is 156 Å². The van der Waals surface area contributed by atoms with E-state index in [9.17, 15) is 9.90 Å². The SMILES string of the molecule is CCOC(=O)N1CCC(Oc2c(F)c(Oc3cccc(C4=NCCN4C)c3)nc(Oc3cc(C(=N)N)ccc3O)c2F)C1C. The van der Waals surface area contributed by atoms with Gasteiger partial charge in [0.05, 0.1) is 19.2 Å². The van der Waals surface area contributed by atoms with E-state index in [2.05, 4.69) is 9.98 Å². The highest BCUT2D eigenvalue weighted by atomic mass is 19.1. The molecule has 12 nitrogen and oxygen atoms in total. The predicted octanol–water partition coefficient (Wildman–Crippen LogP) is 4.62. The monoisotopic (exact) mass is 610 g/mol. The lowest BCUT2D eigenvalue weighted by Crippen LogP contribution is -2.39. The maximum atomic E-state index is 16.0. The molecule has 0 aliphatic carbocycles. The maximum Gasteiger partial charge on any atom is 0.410 e. The van der Waals surface area contributed by atoms with Crippen molar-refractivity contribution in [2.75, 3.05) is 33.3 Å². The number of amides is 1. The van der Waals surface area contributed by atoms with Gasteiger partial charge in [0, 0.05) is 37.7 Å². The molecule has 14 heteroatoms. The van der Waals surface area contributed by atoms with Gasteiger partial charge in [0.15, 0.2) is 11.5 Å². The third-order valence-electron chi connectivity index (χ3n) is 7.28. The Bertz CT molecular complexity index is 1620. The normalized spacial score (nSPS) is 17.8. The van der Waals surface area contributed by atoms with Crippen LogP contribution in [0.2, 0.25) is 0 Å². The van der Waals surface area contributed by atoms with Crippen molar-refractivity contribution in [2.45, 2.75) is 32.4 Å². The minimum Gasteiger partial charge on any atom is -0.504 e. The van der Waals surface area contributed by atoms with Crippen LogP contribution in [0.1, 0.15) is 31.4 Å². The number of likely N-dealkylation sites (tertiary alicyclic amines) is 1. The number of rotatable bonds is 9. The molecule has 2 unspecified atom stereocenters. The first-order chi connectivity index (χ1) is 21.1. The average Bonchev–Trinajstić information content (AvgIpc) is 3.59. The molecule has 0 spiro atoms. The van der Waals surface area contributed by atoms with Crippen molar-refractivity contribution < 1.29 is 37.6 Å². The van der Waals surface area contributed by atoms with E-state index in [4.69, 9.17) is 30.1 Å². The molecule has 2 atom stereocenters. The van der Waals surface area contributed by atoms with Crippen LogP contribution < -0.4 is 19.9 Å². The molecule has 1 saturated heterocycles. The number of nitrogens with one attached hydrogen (secondary N) is 1. The van der Waals surface area contributed by atoms with Crippen molar-refractivity contribution in [2.24, 2.45) is 10.7 Å². The number of aliphatic imine (C=N–C) groups is 1. The van der Waals surface area contributed by atoms with Gasteiger partial charge >= 0.3 is 6.09 Å². The molecule has 0 saturated carbocycles. The van der Waals surface area contributed by atoms with E-state index in [0.29, 0.717) is 6.54 Å². The van der Waals surface area contributed by atoms with Crippen LogP contribution in [0.5, 0.6) is 34.8 Å². The number of pyridine rings is 1. The zero-order chi connectivity index (χ0) is 31.5. The molecule has 1 fully saturated rings. The average molecular weight is 611 g/mol. The number of nitrogen functional groups attached to an aromatic ring is 1. The second-order valence-corrected chi connectivity index (χ2v) is 10.2. The van der Waals surface area contributed by atoms with Crippen molar-refractivity contribution >= 4 is 17.8 Å². The lowest BCUT2D eigenvalue weighted by molar-refractivity contribution is 0.0879. The summed E-state index contributed by atoms with van der Waals surface area (Å²) in [6.07, 6.45) is -1.10. The number of amidine groups is 2. The molecule has 2 aliphatic rings. The van der Waals surface area contributed by atoms with Gasteiger partial charge in [-0.25, -0.2) is 4.79 Å². The Morgan fingerprint density at radius 2 is 1.89 bits per heavy atom. The van der Waals surface area contributed by atoms with Gasteiger partial charge in [-0.05, 0) is 44.2 Å². The summed E-state index contributed by atoms with van der Waals surface area (Å²) < 4.78 is 54.2. The summed E-state index contributed by atoms with van der Waals surface area (Å²) in [6.45, 7) is 5.17. The fourth-order valence-corrected chi connectivity index (χ4v) is 4.93. The number of nitrogens with zero attached hydrogens (tertiary/aromatic N) is 4. The number of hydrogen-bond donors (Lipinski definition) is 3. The Balaban J connectivity index is 1.52. The number of halogens is 2. The zero-order valence-electron chi connectivity index (χ0n) is 24.3. The van der Waals surface area contributed by atoms with Crippen molar-refractivity contribution in [3.63, 3.8) is 0 Å². The fraction of sp³-hybridized carbons (Fsp3) is 0.333. The largest absolute Gasteiger partial charge is 0.504 e. The summed E-state index contributed by atoms with van der Waals surface area (Å²) in [6, 6.07) is 9.96. The third-order valence-corrected chi connectivity index (χ3v) is 7.28. The number of phenolic OH excluding ortho intramolecular Hbond substituents is 1. The van der Waals surface area contributed by atoms with Gasteiger partial charge in [0.2, 0.25) is 17.4 Å². The Hall–Kier alpha value is -5.14. The number of nitrogens with two attached hydrogens (primary N) is 1. The molecule has 4 N–H and O–H groups in total. The van der Waals surface area contributed by atoms with Gasteiger partial charge in [-0.2, -0.15) is 13.8 Å². The summed E-state index contributed by atoms with van der Waals surface area (Å²) in [7, 11) is 1.90. The standard InChI is InChI=1S/C30H32F2N6O6/c1-4-41-30(40)38-12-10-21(16(38)2)43-25-23(31)28(42-19-7-5-6-18(14-19)27-35-11-13-37(27)3)36-29(24(25)32)44-22-15-17(26(33)34)8-9-20(22)39/h5-9,14-16,21,39H,4,10-13H2,1-3H3,(H3,33,34). The molecule has 232 valence electrons. The number of carbonyl (C=O) groups excluding carboxylic acids is 1. The van der Waals surface area contributed by atoms with Crippen LogP contribution in [-0.2, 0) is 4.74 Å². The highest BCUT2D eigenvalue weighted by Gasteiger charge is 2.38. The van der Waals surface area contributed by atoms with Crippen LogP contribution in [0.3, 0.4) is 0 Å². The third kappa shape index (κ3) is 6.14. The second kappa shape index (κ2) is 12.6. The van der Waals surface area contributed by atoms with E-state index >= 15 is 8.78 Å². The molecule has 5 rings (SSSR count). The number of likely N-dealkylation sites (N-methyl/N-ethyl adjacent to an activating group) is 1. The summed E-state index contributed by atoms with van der Waals surface area (Å²) in [4.78, 5) is 24.2. The van der Waals surface area contributed by atoms with Gasteiger partial charge in [-0.15, -0.1) is 0 Å². The highest BCUT2D eigenvalue weighted by molar-refractivity contribution is 6.00. The second-order valence-electron chi connectivity index (χ2n) is 10.2. The number of ether oxygens (including phenoxy) is 4. The lowest BCUT2D eigenvalue weighted by atomic mass is 10.2. The molecular formula is C30H32F2N6O6. The number of aromatic hydroxyl groups is 1. The molecule has 3 heterocycles. The van der Waals surface area contributed by atoms with Crippen LogP contribution in [0.25, 0.3) is 0 Å². The maximum absolute atomic E-state index is 16.0. The summed E-state index contributed by atoms with van der Waals surface area (Å²) in [5.41, 5.74) is 6.46. The molecule has 44 heavy (non-hydrogen) atoms. The number of benzene rings is 2. The van der Waals surface area contributed by atoms with Crippen LogP contribution in [0.4, 0.5) is 13.6 Å². The molecule has 1 amide bonds. The molecule has 0 bridgehead atoms. The first-order valence-corrected chi connectivity index (χ1v) is 14.0. The van der Waals surface area contributed by atoms with Gasteiger partial charge in [-0.1, -0.05) is 12.1 Å². The van der Waals surface area contributed by atoms with Crippen LogP contribution >= 0.6 is 0 Å². The van der Waals surface area contributed by atoms with Crippen molar-refractivity contribution in [3.05, 3.63) is 65.2 Å². The summed E-state index contributed by atoms with van der Waals surface area (Å²) in [5, 5.41) is 18.0. The minimum atomic E-state index is -1.31. The Kier molecular flexibility index (Phi) is 8.69. The predicted molar refractivity (Wildman–Crippen MR) is 156 cm³/mol. The Morgan fingerprint density at radius 3 is 2.57 bits per heavy atom. The fourth-order valence-electron chi connectivity index (χ4n) is 4.93. The van der Waals surface area contributed by atoms with Gasteiger partial charge < -0.3 is 39.6 Å². The molecule has 0 radical (unpaired) electrons. The first kappa shape index (κ1) is 30.3. The van der Waals surface area contributed by atoms with Crippen molar-refractivity contribution in [1.29, 1.82) is 5.41 Å². The molecule has 2 aliphatic heterocycles. The summed E-state index contributed by atoms with van der Waals surface area (Å²) in [5.74, 6) is -4.92. The Morgan fingerprint density at radius 1 is 1.14 bits per heavy atom. The van der Waals surface area contributed by atoms with Crippen molar-refractivity contribution in [3.8, 4) is 34.8 Å². The van der Waals surface area contributed by atoms with Crippen LogP contribution in [0.15, 0.2) is 47.5 Å². The van der Waals surface area contributed by atoms with E-state index in [1.54, 1.807) is 32.0 Å². The van der Waals surface area contributed by atoms with E-state index in [-0.39, 0.29) is 42.5 Å². The smallest absolute Gasteiger partial charge is 0.410 e. The molecule has 1 aromatic heterocycles. The number of aromatic nitrogens is 1.